The maximum atomic E-state index is 13.5. The Labute approximate surface area is 183 Å². The minimum absolute atomic E-state index is 0.00424. The van der Waals surface area contributed by atoms with Crippen molar-refractivity contribution >= 4 is 11.7 Å². The number of amides is 1. The molecule has 2 aliphatic carbocycles. The Morgan fingerprint density at radius 2 is 1.82 bits per heavy atom. The number of alkyl halides is 7. The van der Waals surface area contributed by atoms with Crippen LogP contribution in [-0.2, 0) is 11.8 Å². The number of aromatic nitrogens is 2. The van der Waals surface area contributed by atoms with E-state index in [0.717, 1.165) is 31.4 Å². The van der Waals surface area contributed by atoms with Gasteiger partial charge in [-0.3, -0.25) is 9.48 Å². The van der Waals surface area contributed by atoms with Gasteiger partial charge in [-0.1, -0.05) is 6.42 Å². The van der Waals surface area contributed by atoms with E-state index in [9.17, 15) is 35.5 Å². The fourth-order valence-electron chi connectivity index (χ4n) is 4.22. The summed E-state index contributed by atoms with van der Waals surface area (Å²) in [6.45, 7) is 0. The van der Waals surface area contributed by atoms with Crippen molar-refractivity contribution in [2.45, 2.75) is 56.2 Å². The first-order chi connectivity index (χ1) is 15.3. The van der Waals surface area contributed by atoms with Gasteiger partial charge in [-0.2, -0.15) is 22.7 Å². The summed E-state index contributed by atoms with van der Waals surface area (Å²) in [5, 5.41) is 6.74. The number of nitrogens with zero attached hydrogens (tertiary/aromatic N) is 2. The highest BCUT2D eigenvalue weighted by Crippen LogP contribution is 2.56. The fraction of sp³-hybridized carbons (Fsp3) is 0.524. The third kappa shape index (κ3) is 4.39. The van der Waals surface area contributed by atoms with Crippen LogP contribution in [0.5, 0.6) is 5.75 Å². The predicted octanol–water partition coefficient (Wildman–Crippen LogP) is 5.87. The molecule has 2 saturated carbocycles. The number of rotatable bonds is 6. The number of carbonyl (C=O) groups excluding carboxylic acids is 1. The summed E-state index contributed by atoms with van der Waals surface area (Å²) in [6.07, 6.45) is -4.18. The van der Waals surface area contributed by atoms with Crippen molar-refractivity contribution < 1.29 is 40.3 Å². The molecule has 1 aromatic heterocycles. The zero-order valence-electron chi connectivity index (χ0n) is 17.4. The Morgan fingerprint density at radius 1 is 1.18 bits per heavy atom. The first-order valence-electron chi connectivity index (χ1n) is 10.3. The van der Waals surface area contributed by atoms with Crippen molar-refractivity contribution in [3.05, 3.63) is 29.8 Å². The number of hydrogen-bond acceptors (Lipinski definition) is 3. The van der Waals surface area contributed by atoms with Crippen LogP contribution >= 0.6 is 0 Å². The van der Waals surface area contributed by atoms with Gasteiger partial charge in [0.25, 0.3) is 0 Å². The molecule has 12 heteroatoms. The number of anilines is 1. The molecule has 180 valence electrons. The lowest BCUT2D eigenvalue weighted by Gasteiger charge is -2.43. The summed E-state index contributed by atoms with van der Waals surface area (Å²) in [5.74, 6) is -11.2. The molecule has 1 atom stereocenters. The third-order valence-electron chi connectivity index (χ3n) is 6.15. The molecule has 2 aliphatic rings. The summed E-state index contributed by atoms with van der Waals surface area (Å²) in [4.78, 5) is 12.4. The second-order valence-corrected chi connectivity index (χ2v) is 8.42. The largest absolute Gasteiger partial charge is 0.573 e. The van der Waals surface area contributed by atoms with Crippen LogP contribution in [0.15, 0.2) is 24.3 Å². The van der Waals surface area contributed by atoms with Crippen LogP contribution in [0.1, 0.15) is 43.6 Å². The second-order valence-electron chi connectivity index (χ2n) is 8.42. The molecule has 0 radical (unpaired) electrons. The lowest BCUT2D eigenvalue weighted by molar-refractivity contribution is -0.313. The number of carbonyl (C=O) groups is 1. The molecule has 1 heterocycles. The zero-order chi connectivity index (χ0) is 24.2. The summed E-state index contributed by atoms with van der Waals surface area (Å²) >= 11 is 0. The number of aryl methyl sites for hydroxylation is 1. The van der Waals surface area contributed by atoms with Crippen LogP contribution in [0.25, 0.3) is 11.3 Å². The zero-order valence-corrected chi connectivity index (χ0v) is 17.4. The van der Waals surface area contributed by atoms with E-state index in [1.807, 2.05) is 0 Å². The molecule has 1 amide bonds. The van der Waals surface area contributed by atoms with E-state index in [0.29, 0.717) is 16.8 Å². The Hall–Kier alpha value is -2.79. The monoisotopic (exact) mass is 479 g/mol. The van der Waals surface area contributed by atoms with Gasteiger partial charge < -0.3 is 10.1 Å². The summed E-state index contributed by atoms with van der Waals surface area (Å²) < 4.78 is 95.8. The smallest absolute Gasteiger partial charge is 0.406 e. The summed E-state index contributed by atoms with van der Waals surface area (Å²) in [6, 6.07) is 5.14. The van der Waals surface area contributed by atoms with Gasteiger partial charge in [0.1, 0.15) is 5.75 Å². The molecule has 5 nitrogen and oxygen atoms in total. The molecule has 0 unspecified atom stereocenters. The molecule has 0 aliphatic heterocycles. The first-order valence-corrected chi connectivity index (χ1v) is 10.3. The standard InChI is InChI=1S/C21H20F7N3O2/c1-31-17(12-5-7-14(8-6-12)33-21(26,27)28)16(11-3-2-4-11)18(30-31)29-15(32)9-13-10-19(22,23)20(13,24)25/h5-8,11,13H,2-4,9-10H2,1H3,(H,29,30,32)/t13-/m1/s1. The maximum absolute atomic E-state index is 13.5. The Bertz CT molecular complexity index is 1040. The fourth-order valence-corrected chi connectivity index (χ4v) is 4.22. The van der Waals surface area contributed by atoms with Crippen molar-refractivity contribution in [3.8, 4) is 17.0 Å². The molecule has 0 spiro atoms. The van der Waals surface area contributed by atoms with Crippen LogP contribution in [0.3, 0.4) is 0 Å². The van der Waals surface area contributed by atoms with Gasteiger partial charge in [-0.05, 0) is 43.0 Å². The topological polar surface area (TPSA) is 56.2 Å². The molecule has 0 saturated heterocycles. The van der Waals surface area contributed by atoms with E-state index in [-0.39, 0.29) is 11.7 Å². The van der Waals surface area contributed by atoms with Crippen LogP contribution in [0.2, 0.25) is 0 Å². The Morgan fingerprint density at radius 3 is 2.30 bits per heavy atom. The van der Waals surface area contributed by atoms with Gasteiger partial charge in [-0.25, -0.2) is 0 Å². The third-order valence-corrected chi connectivity index (χ3v) is 6.15. The van der Waals surface area contributed by atoms with Crippen LogP contribution in [0.4, 0.5) is 36.6 Å². The summed E-state index contributed by atoms with van der Waals surface area (Å²) in [5.41, 5.74) is 1.70. The average Bonchev–Trinajstić information content (AvgIpc) is 2.94. The lowest BCUT2D eigenvalue weighted by atomic mass is 9.74. The quantitative estimate of drug-likeness (QED) is 0.527. The van der Waals surface area contributed by atoms with E-state index >= 15 is 0 Å². The van der Waals surface area contributed by atoms with Crippen LogP contribution < -0.4 is 10.1 Å². The predicted molar refractivity (Wildman–Crippen MR) is 103 cm³/mol. The number of nitrogens with one attached hydrogen (secondary N) is 1. The Balaban J connectivity index is 1.57. The molecular formula is C21H20F7N3O2. The molecule has 1 N–H and O–H groups in total. The number of halogens is 7. The van der Waals surface area contributed by atoms with Crippen LogP contribution in [0, 0.1) is 5.92 Å². The van der Waals surface area contributed by atoms with E-state index < -0.39 is 48.6 Å². The van der Waals surface area contributed by atoms with Crippen molar-refractivity contribution in [1.82, 2.24) is 9.78 Å². The molecule has 2 aromatic rings. The van der Waals surface area contributed by atoms with Gasteiger partial charge >= 0.3 is 18.2 Å². The minimum Gasteiger partial charge on any atom is -0.406 e. The summed E-state index contributed by atoms with van der Waals surface area (Å²) in [7, 11) is 1.58. The van der Waals surface area contributed by atoms with Crippen molar-refractivity contribution in [2.24, 2.45) is 13.0 Å². The van der Waals surface area contributed by atoms with Gasteiger partial charge in [0.2, 0.25) is 5.91 Å². The van der Waals surface area contributed by atoms with Gasteiger partial charge in [0.15, 0.2) is 5.82 Å². The normalized spacial score (nSPS) is 21.8. The highest BCUT2D eigenvalue weighted by Gasteiger charge is 2.71. The number of hydrogen-bond donors (Lipinski definition) is 1. The molecule has 4 rings (SSSR count). The van der Waals surface area contributed by atoms with E-state index in [4.69, 9.17) is 0 Å². The van der Waals surface area contributed by atoms with Gasteiger partial charge in [0, 0.05) is 36.9 Å². The van der Waals surface area contributed by atoms with E-state index in [2.05, 4.69) is 15.2 Å². The molecule has 33 heavy (non-hydrogen) atoms. The molecule has 2 fully saturated rings. The molecular weight excluding hydrogens is 459 g/mol. The lowest BCUT2D eigenvalue weighted by Crippen LogP contribution is -2.59. The molecule has 0 bridgehead atoms. The number of benzene rings is 1. The minimum atomic E-state index is -4.83. The van der Waals surface area contributed by atoms with Crippen molar-refractivity contribution in [2.75, 3.05) is 5.32 Å². The van der Waals surface area contributed by atoms with Crippen LogP contribution in [-0.4, -0.2) is 33.9 Å². The SMILES string of the molecule is Cn1nc(NC(=O)C[C@@H]2CC(F)(F)C2(F)F)c(C2CCC2)c1-c1ccc(OC(F)(F)F)cc1. The highest BCUT2D eigenvalue weighted by atomic mass is 19.4. The second kappa shape index (κ2) is 7.91. The Kier molecular flexibility index (Phi) is 5.60. The van der Waals surface area contributed by atoms with E-state index in [1.165, 1.54) is 16.8 Å². The van der Waals surface area contributed by atoms with Gasteiger partial charge in [0.05, 0.1) is 5.69 Å². The van der Waals surface area contributed by atoms with Gasteiger partial charge in [-0.15, -0.1) is 13.2 Å². The average molecular weight is 479 g/mol. The highest BCUT2D eigenvalue weighted by molar-refractivity contribution is 5.92. The molecule has 1 aromatic carbocycles. The van der Waals surface area contributed by atoms with Crippen molar-refractivity contribution in [1.29, 1.82) is 0 Å². The maximum Gasteiger partial charge on any atom is 0.573 e. The first kappa shape index (κ1) is 23.4. The van der Waals surface area contributed by atoms with Crippen molar-refractivity contribution in [3.63, 3.8) is 0 Å². The van der Waals surface area contributed by atoms with E-state index in [1.54, 1.807) is 7.05 Å². The number of ether oxygens (including phenoxy) is 1.